The molecule has 8 heteroatoms. The molecule has 1 saturated heterocycles. The maximum atomic E-state index is 13.9. The molecule has 2 aromatic rings. The molecule has 1 fully saturated rings. The molecule has 0 unspecified atom stereocenters. The number of nitrogens with one attached hydrogen (secondary N) is 1. The molecule has 2 aliphatic rings. The Labute approximate surface area is 147 Å². The van der Waals surface area contributed by atoms with Crippen molar-refractivity contribution >= 4 is 35.1 Å². The van der Waals surface area contributed by atoms with E-state index in [4.69, 9.17) is 23.2 Å². The van der Waals surface area contributed by atoms with Gasteiger partial charge in [-0.1, -0.05) is 23.2 Å². The van der Waals surface area contributed by atoms with Gasteiger partial charge >= 0.3 is 6.03 Å². The maximum Gasteiger partial charge on any atom is 0.323 e. The topological polar surface area (TPSA) is 58.1 Å². The Morgan fingerprint density at radius 1 is 1.29 bits per heavy atom. The highest BCUT2D eigenvalue weighted by atomic mass is 35.5. The standard InChI is InChI=1S/C16H13Cl2FN4O/c17-11-6-14(21-7-12(11)18)22-16(24)23-8-1-2-13(23)9-3-4-20-15(19)10(9)5-8/h3-4,6-8,13H,1-2,5H2,(H,21,22,24)/t8-,13+/m1/s1. The number of anilines is 1. The minimum absolute atomic E-state index is 0.0380. The van der Waals surface area contributed by atoms with Crippen LogP contribution >= 0.6 is 23.2 Å². The van der Waals surface area contributed by atoms with Crippen LogP contribution in [-0.2, 0) is 6.42 Å². The number of fused-ring (bicyclic) bond motifs is 4. The summed E-state index contributed by atoms with van der Waals surface area (Å²) in [4.78, 5) is 22.3. The van der Waals surface area contributed by atoms with Crippen molar-refractivity contribution in [2.75, 3.05) is 5.32 Å². The summed E-state index contributed by atoms with van der Waals surface area (Å²) in [6.45, 7) is 0. The van der Waals surface area contributed by atoms with Gasteiger partial charge in [-0.05, 0) is 30.9 Å². The minimum atomic E-state index is -0.435. The molecule has 24 heavy (non-hydrogen) atoms. The van der Waals surface area contributed by atoms with E-state index < -0.39 is 5.95 Å². The summed E-state index contributed by atoms with van der Waals surface area (Å²) in [6.07, 6.45) is 4.96. The zero-order valence-electron chi connectivity index (χ0n) is 12.5. The van der Waals surface area contributed by atoms with Crippen LogP contribution in [0.15, 0.2) is 24.5 Å². The molecule has 1 N–H and O–H groups in total. The van der Waals surface area contributed by atoms with E-state index in [2.05, 4.69) is 15.3 Å². The smallest absolute Gasteiger partial charge is 0.314 e. The lowest BCUT2D eigenvalue weighted by Crippen LogP contribution is -2.44. The van der Waals surface area contributed by atoms with Gasteiger partial charge in [-0.15, -0.1) is 0 Å². The van der Waals surface area contributed by atoms with Crippen LogP contribution in [0.2, 0.25) is 10.0 Å². The van der Waals surface area contributed by atoms with Gasteiger partial charge < -0.3 is 4.90 Å². The quantitative estimate of drug-likeness (QED) is 0.768. The Bertz CT molecular complexity index is 832. The van der Waals surface area contributed by atoms with Crippen LogP contribution in [-0.4, -0.2) is 26.9 Å². The van der Waals surface area contributed by atoms with Crippen LogP contribution in [0.4, 0.5) is 15.0 Å². The second-order valence-electron chi connectivity index (χ2n) is 5.94. The molecule has 0 saturated carbocycles. The average Bonchev–Trinajstić information content (AvgIpc) is 2.87. The van der Waals surface area contributed by atoms with Crippen molar-refractivity contribution in [3.8, 4) is 0 Å². The third-order valence-electron chi connectivity index (χ3n) is 4.62. The van der Waals surface area contributed by atoms with Gasteiger partial charge in [0.2, 0.25) is 5.95 Å². The zero-order valence-corrected chi connectivity index (χ0v) is 14.0. The monoisotopic (exact) mass is 366 g/mol. The fraction of sp³-hybridized carbons (Fsp3) is 0.312. The number of pyridine rings is 2. The first-order chi connectivity index (χ1) is 11.5. The second-order valence-corrected chi connectivity index (χ2v) is 6.76. The van der Waals surface area contributed by atoms with Gasteiger partial charge in [-0.3, -0.25) is 5.32 Å². The number of aromatic nitrogens is 2. The van der Waals surface area contributed by atoms with E-state index in [1.54, 1.807) is 11.0 Å². The van der Waals surface area contributed by atoms with Gasteiger partial charge in [0.25, 0.3) is 0 Å². The number of amides is 2. The number of nitrogens with zero attached hydrogens (tertiary/aromatic N) is 3. The van der Waals surface area contributed by atoms with Crippen molar-refractivity contribution in [2.24, 2.45) is 0 Å². The normalized spacial score (nSPS) is 21.5. The Balaban J connectivity index is 1.61. The van der Waals surface area contributed by atoms with E-state index in [9.17, 15) is 9.18 Å². The second kappa shape index (κ2) is 5.86. The first-order valence-electron chi connectivity index (χ1n) is 7.58. The fourth-order valence-electron chi connectivity index (χ4n) is 3.58. The average molecular weight is 367 g/mol. The molecular formula is C16H13Cl2FN4O. The first-order valence-corrected chi connectivity index (χ1v) is 8.34. The molecule has 5 nitrogen and oxygen atoms in total. The number of hydrogen-bond acceptors (Lipinski definition) is 3. The molecule has 4 heterocycles. The summed E-state index contributed by atoms with van der Waals surface area (Å²) >= 11 is 11.8. The maximum absolute atomic E-state index is 13.9. The highest BCUT2D eigenvalue weighted by Gasteiger charge is 2.43. The molecule has 2 aromatic heterocycles. The molecule has 2 bridgehead atoms. The largest absolute Gasteiger partial charge is 0.323 e. The number of carbonyl (C=O) groups excluding carboxylic acids is 1. The molecule has 124 valence electrons. The molecule has 2 aliphatic heterocycles. The highest BCUT2D eigenvalue weighted by molar-refractivity contribution is 6.42. The van der Waals surface area contributed by atoms with Gasteiger partial charge in [0.1, 0.15) is 5.82 Å². The summed E-state index contributed by atoms with van der Waals surface area (Å²) < 4.78 is 13.9. The van der Waals surface area contributed by atoms with Gasteiger partial charge in [-0.2, -0.15) is 4.39 Å². The molecular weight excluding hydrogens is 354 g/mol. The third-order valence-corrected chi connectivity index (χ3v) is 5.33. The van der Waals surface area contributed by atoms with Gasteiger partial charge in [0.15, 0.2) is 0 Å². The summed E-state index contributed by atoms with van der Waals surface area (Å²) in [5.41, 5.74) is 1.47. The van der Waals surface area contributed by atoms with E-state index in [1.807, 2.05) is 0 Å². The van der Waals surface area contributed by atoms with Crippen molar-refractivity contribution in [1.82, 2.24) is 14.9 Å². The molecule has 0 aromatic carbocycles. The molecule has 0 radical (unpaired) electrons. The van der Waals surface area contributed by atoms with Crippen LogP contribution in [0.1, 0.15) is 30.0 Å². The molecule has 4 rings (SSSR count). The molecule has 0 aliphatic carbocycles. The van der Waals surface area contributed by atoms with E-state index in [1.165, 1.54) is 18.5 Å². The number of halogens is 3. The summed E-state index contributed by atoms with van der Waals surface area (Å²) in [5, 5.41) is 3.39. The SMILES string of the molecule is O=C(Nc1cc(Cl)c(Cl)cn1)N1[C@@H]2CC[C@H]1c1ccnc(F)c1C2. The molecule has 2 amide bonds. The first kappa shape index (κ1) is 15.6. The number of urea groups is 1. The van der Waals surface area contributed by atoms with E-state index >= 15 is 0 Å². The summed E-state index contributed by atoms with van der Waals surface area (Å²) in [5.74, 6) is -0.101. The molecule has 2 atom stereocenters. The van der Waals surface area contributed by atoms with Crippen LogP contribution in [0.3, 0.4) is 0 Å². The Hall–Kier alpha value is -1.92. The summed E-state index contributed by atoms with van der Waals surface area (Å²) in [6, 6.07) is 2.85. The van der Waals surface area contributed by atoms with E-state index in [-0.39, 0.29) is 18.1 Å². The number of rotatable bonds is 1. The van der Waals surface area contributed by atoms with Gasteiger partial charge in [0.05, 0.1) is 16.1 Å². The highest BCUT2D eigenvalue weighted by Crippen LogP contribution is 2.44. The van der Waals surface area contributed by atoms with E-state index in [0.717, 1.165) is 18.4 Å². The van der Waals surface area contributed by atoms with Crippen LogP contribution in [0, 0.1) is 5.95 Å². The van der Waals surface area contributed by atoms with E-state index in [0.29, 0.717) is 27.8 Å². The zero-order chi connectivity index (χ0) is 16.8. The van der Waals surface area contributed by atoms with Crippen molar-refractivity contribution < 1.29 is 9.18 Å². The van der Waals surface area contributed by atoms with Crippen molar-refractivity contribution in [3.05, 3.63) is 51.6 Å². The van der Waals surface area contributed by atoms with Crippen LogP contribution in [0.25, 0.3) is 0 Å². The lowest BCUT2D eigenvalue weighted by atomic mass is 9.95. The predicted octanol–water partition coefficient (Wildman–Crippen LogP) is 4.22. The Kier molecular flexibility index (Phi) is 3.81. The van der Waals surface area contributed by atoms with Gasteiger partial charge in [0, 0.05) is 30.1 Å². The lowest BCUT2D eigenvalue weighted by molar-refractivity contribution is 0.178. The Morgan fingerprint density at radius 3 is 2.92 bits per heavy atom. The van der Waals surface area contributed by atoms with Crippen LogP contribution in [0.5, 0.6) is 0 Å². The Morgan fingerprint density at radius 2 is 2.12 bits per heavy atom. The minimum Gasteiger partial charge on any atom is -0.314 e. The summed E-state index contributed by atoms with van der Waals surface area (Å²) in [7, 11) is 0. The van der Waals surface area contributed by atoms with Crippen molar-refractivity contribution in [2.45, 2.75) is 31.3 Å². The predicted molar refractivity (Wildman–Crippen MR) is 88.8 cm³/mol. The number of hydrogen-bond donors (Lipinski definition) is 1. The number of carbonyl (C=O) groups is 1. The van der Waals surface area contributed by atoms with Crippen molar-refractivity contribution in [1.29, 1.82) is 0 Å². The molecule has 0 spiro atoms. The lowest BCUT2D eigenvalue weighted by Gasteiger charge is -2.36. The fourth-order valence-corrected chi connectivity index (χ4v) is 3.84. The van der Waals surface area contributed by atoms with Crippen molar-refractivity contribution in [3.63, 3.8) is 0 Å². The van der Waals surface area contributed by atoms with Crippen LogP contribution < -0.4 is 5.32 Å². The third kappa shape index (κ3) is 2.50. The van der Waals surface area contributed by atoms with Gasteiger partial charge in [-0.25, -0.2) is 14.8 Å².